The number of phenolic OH excluding ortho intramolecular Hbond substituents is 1. The first-order valence-electron chi connectivity index (χ1n) is 7.31. The molecule has 116 valence electrons. The molecule has 1 saturated heterocycles. The molecule has 0 unspecified atom stereocenters. The minimum Gasteiger partial charge on any atom is -0.508 e. The summed E-state index contributed by atoms with van der Waals surface area (Å²) in [6.45, 7) is 2.31. The van der Waals surface area contributed by atoms with Crippen LogP contribution in [0.1, 0.15) is 5.56 Å². The van der Waals surface area contributed by atoms with E-state index in [1.165, 1.54) is 0 Å². The number of phenols is 1. The van der Waals surface area contributed by atoms with Crippen molar-refractivity contribution in [1.29, 1.82) is 0 Å². The lowest BCUT2D eigenvalue weighted by molar-refractivity contribution is -0.129. The number of nitrogens with zero attached hydrogens (tertiary/aromatic N) is 2. The summed E-state index contributed by atoms with van der Waals surface area (Å²) in [5, 5.41) is 18.9. The molecule has 1 aliphatic rings. The molecule has 1 heterocycles. The molecule has 1 aromatic carbocycles. The molecule has 2 N–H and O–H groups in total. The number of rotatable bonds is 5. The van der Waals surface area contributed by atoms with Gasteiger partial charge in [0.05, 0.1) is 6.42 Å². The number of carbonyl (C=O) groups is 1. The number of aromatic hydroxyl groups is 1. The van der Waals surface area contributed by atoms with Crippen molar-refractivity contribution in [1.82, 2.24) is 9.80 Å². The maximum absolute atomic E-state index is 12.4. The monoisotopic (exact) mass is 292 g/mol. The average Bonchev–Trinajstić information content (AvgIpc) is 2.81. The molecule has 1 amide bonds. The summed E-state index contributed by atoms with van der Waals surface area (Å²) in [6.07, 6.45) is 0.293. The van der Waals surface area contributed by atoms with Gasteiger partial charge in [0.2, 0.25) is 5.91 Å². The summed E-state index contributed by atoms with van der Waals surface area (Å²) in [6, 6.07) is 6.80. The zero-order valence-corrected chi connectivity index (χ0v) is 12.7. The molecule has 0 spiro atoms. The summed E-state index contributed by atoms with van der Waals surface area (Å²) in [7, 11) is 4.01. The summed E-state index contributed by atoms with van der Waals surface area (Å²) in [5.41, 5.74) is 0.816. The number of hydrogen-bond acceptors (Lipinski definition) is 4. The lowest BCUT2D eigenvalue weighted by Crippen LogP contribution is -2.31. The van der Waals surface area contributed by atoms with Gasteiger partial charge in [-0.1, -0.05) is 12.1 Å². The van der Waals surface area contributed by atoms with Crippen molar-refractivity contribution < 1.29 is 15.0 Å². The third-order valence-corrected chi connectivity index (χ3v) is 4.03. The Morgan fingerprint density at radius 2 is 2.05 bits per heavy atom. The van der Waals surface area contributed by atoms with E-state index in [-0.39, 0.29) is 24.2 Å². The summed E-state index contributed by atoms with van der Waals surface area (Å²) < 4.78 is 0. The van der Waals surface area contributed by atoms with Crippen LogP contribution in [-0.2, 0) is 11.2 Å². The van der Waals surface area contributed by atoms with Crippen molar-refractivity contribution in [2.75, 3.05) is 40.3 Å². The molecule has 0 saturated carbocycles. The zero-order chi connectivity index (χ0) is 15.4. The third-order valence-electron chi connectivity index (χ3n) is 4.03. The van der Waals surface area contributed by atoms with Crippen molar-refractivity contribution in [2.24, 2.45) is 11.8 Å². The quantitative estimate of drug-likeness (QED) is 0.832. The van der Waals surface area contributed by atoms with Gasteiger partial charge in [-0.2, -0.15) is 0 Å². The Morgan fingerprint density at radius 3 is 2.67 bits per heavy atom. The molecule has 0 bridgehead atoms. The fourth-order valence-electron chi connectivity index (χ4n) is 2.98. The largest absolute Gasteiger partial charge is 0.508 e. The number of carbonyl (C=O) groups excluding carboxylic acids is 1. The first-order chi connectivity index (χ1) is 9.99. The second-order valence-corrected chi connectivity index (χ2v) is 6.11. The Morgan fingerprint density at radius 1 is 1.33 bits per heavy atom. The first-order valence-corrected chi connectivity index (χ1v) is 7.31. The number of hydrogen-bond donors (Lipinski definition) is 2. The Kier molecular flexibility index (Phi) is 5.20. The fourth-order valence-corrected chi connectivity index (χ4v) is 2.98. The molecule has 1 aromatic rings. The van der Waals surface area contributed by atoms with Gasteiger partial charge in [0, 0.05) is 32.2 Å². The predicted octanol–water partition coefficient (Wildman–Crippen LogP) is 0.563. The minimum absolute atomic E-state index is 0.0558. The molecule has 2 rings (SSSR count). The molecule has 1 aliphatic heterocycles. The number of aliphatic hydroxyl groups is 1. The van der Waals surface area contributed by atoms with Crippen molar-refractivity contribution in [3.8, 4) is 5.75 Å². The molecule has 1 fully saturated rings. The highest BCUT2D eigenvalue weighted by molar-refractivity contribution is 5.79. The average molecular weight is 292 g/mol. The van der Waals surface area contributed by atoms with E-state index in [1.54, 1.807) is 18.2 Å². The predicted molar refractivity (Wildman–Crippen MR) is 81.0 cm³/mol. The SMILES string of the molecule is CN(C)C[C@@H]1CN(C(=O)Cc2cccc(O)c2)C[C@@H]1CO. The van der Waals surface area contributed by atoms with Crippen molar-refractivity contribution in [3.63, 3.8) is 0 Å². The topological polar surface area (TPSA) is 64.0 Å². The van der Waals surface area contributed by atoms with Gasteiger partial charge in [0.25, 0.3) is 0 Å². The Balaban J connectivity index is 1.97. The second kappa shape index (κ2) is 6.91. The highest BCUT2D eigenvalue weighted by atomic mass is 16.3. The molecule has 5 heteroatoms. The van der Waals surface area contributed by atoms with Crippen LogP contribution in [-0.4, -0.2) is 66.3 Å². The van der Waals surface area contributed by atoms with Crippen LogP contribution in [0.4, 0.5) is 0 Å². The van der Waals surface area contributed by atoms with E-state index in [9.17, 15) is 15.0 Å². The normalized spacial score (nSPS) is 22.0. The van der Waals surface area contributed by atoms with E-state index in [2.05, 4.69) is 4.90 Å². The van der Waals surface area contributed by atoms with Gasteiger partial charge in [0.1, 0.15) is 5.75 Å². The third kappa shape index (κ3) is 4.19. The molecule has 0 aliphatic carbocycles. The van der Waals surface area contributed by atoms with Crippen molar-refractivity contribution in [2.45, 2.75) is 6.42 Å². The van der Waals surface area contributed by atoms with Gasteiger partial charge in [-0.3, -0.25) is 4.79 Å². The Hall–Kier alpha value is -1.59. The fraction of sp³-hybridized carbons (Fsp3) is 0.562. The maximum atomic E-state index is 12.4. The smallest absolute Gasteiger partial charge is 0.227 e. The number of likely N-dealkylation sites (tertiary alicyclic amines) is 1. The molecule has 2 atom stereocenters. The van der Waals surface area contributed by atoms with Crippen LogP contribution >= 0.6 is 0 Å². The van der Waals surface area contributed by atoms with Crippen molar-refractivity contribution >= 4 is 5.91 Å². The van der Waals surface area contributed by atoms with Crippen molar-refractivity contribution in [3.05, 3.63) is 29.8 Å². The molecule has 0 aromatic heterocycles. The van der Waals surface area contributed by atoms with E-state index < -0.39 is 0 Å². The van der Waals surface area contributed by atoms with Crippen LogP contribution in [0.25, 0.3) is 0 Å². The van der Waals surface area contributed by atoms with Gasteiger partial charge < -0.3 is 20.0 Å². The van der Waals surface area contributed by atoms with E-state index in [0.29, 0.717) is 25.4 Å². The van der Waals surface area contributed by atoms with E-state index in [0.717, 1.165) is 12.1 Å². The lowest BCUT2D eigenvalue weighted by atomic mass is 9.97. The Labute approximate surface area is 125 Å². The zero-order valence-electron chi connectivity index (χ0n) is 12.7. The van der Waals surface area contributed by atoms with E-state index in [1.807, 2.05) is 25.1 Å². The molecule has 5 nitrogen and oxygen atoms in total. The number of amides is 1. The number of benzene rings is 1. The highest BCUT2D eigenvalue weighted by Gasteiger charge is 2.34. The van der Waals surface area contributed by atoms with Crippen LogP contribution in [0.5, 0.6) is 5.75 Å². The van der Waals surface area contributed by atoms with Gasteiger partial charge >= 0.3 is 0 Å². The lowest BCUT2D eigenvalue weighted by Gasteiger charge is -2.20. The molecular weight excluding hydrogens is 268 g/mol. The van der Waals surface area contributed by atoms with Crippen LogP contribution in [0.3, 0.4) is 0 Å². The van der Waals surface area contributed by atoms with Gasteiger partial charge in [-0.25, -0.2) is 0 Å². The molecule has 0 radical (unpaired) electrons. The van der Waals surface area contributed by atoms with E-state index >= 15 is 0 Å². The highest BCUT2D eigenvalue weighted by Crippen LogP contribution is 2.24. The standard InChI is InChI=1S/C16H24N2O3/c1-17(2)8-13-9-18(10-14(13)11-19)16(21)7-12-4-3-5-15(20)6-12/h3-6,13-14,19-20H,7-11H2,1-2H3/t13-,14-/m1/s1. The van der Waals surface area contributed by atoms with Crippen LogP contribution in [0.15, 0.2) is 24.3 Å². The summed E-state index contributed by atoms with van der Waals surface area (Å²) in [4.78, 5) is 16.3. The van der Waals surface area contributed by atoms with Gasteiger partial charge in [0.15, 0.2) is 0 Å². The van der Waals surface area contributed by atoms with Crippen LogP contribution < -0.4 is 0 Å². The molecular formula is C16H24N2O3. The van der Waals surface area contributed by atoms with Gasteiger partial charge in [-0.15, -0.1) is 0 Å². The van der Waals surface area contributed by atoms with Crippen LogP contribution in [0, 0.1) is 11.8 Å². The van der Waals surface area contributed by atoms with Gasteiger partial charge in [-0.05, 0) is 37.7 Å². The Bertz CT molecular complexity index is 490. The first kappa shape index (κ1) is 15.8. The molecule has 21 heavy (non-hydrogen) atoms. The second-order valence-electron chi connectivity index (χ2n) is 6.11. The summed E-state index contributed by atoms with van der Waals surface area (Å²) in [5.74, 6) is 0.708. The minimum atomic E-state index is 0.0558. The number of aliphatic hydroxyl groups excluding tert-OH is 1. The van der Waals surface area contributed by atoms with Crippen LogP contribution in [0.2, 0.25) is 0 Å². The van der Waals surface area contributed by atoms with E-state index in [4.69, 9.17) is 0 Å². The summed E-state index contributed by atoms with van der Waals surface area (Å²) >= 11 is 0. The maximum Gasteiger partial charge on any atom is 0.227 e.